The molecule has 2 rings (SSSR count). The molecule has 7 heteroatoms. The second-order valence-electron chi connectivity index (χ2n) is 5.12. The number of esters is 1. The number of nitrogens with one attached hydrogen (secondary N) is 1. The number of carbonyl (C=O) groups is 2. The van der Waals surface area contributed by atoms with Crippen molar-refractivity contribution in [3.8, 4) is 0 Å². The normalized spacial score (nSPS) is 11.7. The number of amides is 1. The fraction of sp³-hybridized carbons (Fsp3) is 0.176. The summed E-state index contributed by atoms with van der Waals surface area (Å²) in [4.78, 5) is 24.0. The Morgan fingerprint density at radius 3 is 2.50 bits per heavy atom. The van der Waals surface area contributed by atoms with Crippen LogP contribution < -0.4 is 5.32 Å². The van der Waals surface area contributed by atoms with Crippen molar-refractivity contribution >= 4 is 29.2 Å². The second-order valence-corrected chi connectivity index (χ2v) is 5.53. The van der Waals surface area contributed by atoms with Gasteiger partial charge < -0.3 is 10.1 Å². The third-order valence-electron chi connectivity index (χ3n) is 3.25. The quantitative estimate of drug-likeness (QED) is 0.841. The van der Waals surface area contributed by atoms with Gasteiger partial charge in [-0.05, 0) is 49.7 Å². The zero-order valence-electron chi connectivity index (χ0n) is 12.9. The van der Waals surface area contributed by atoms with Gasteiger partial charge in [0.2, 0.25) is 0 Å². The highest BCUT2D eigenvalue weighted by Gasteiger charge is 2.20. The van der Waals surface area contributed by atoms with Crippen LogP contribution in [-0.4, -0.2) is 18.0 Å². The Balaban J connectivity index is 2.02. The summed E-state index contributed by atoms with van der Waals surface area (Å²) in [7, 11) is 0. The number of ether oxygens (including phenoxy) is 1. The molecular weight excluding hydrogens is 340 g/mol. The van der Waals surface area contributed by atoms with Gasteiger partial charge in [0.05, 0.1) is 16.3 Å². The smallest absolute Gasteiger partial charge is 0.339 e. The highest BCUT2D eigenvalue weighted by atomic mass is 35.5. The topological polar surface area (TPSA) is 55.4 Å². The molecule has 24 heavy (non-hydrogen) atoms. The van der Waals surface area contributed by atoms with Crippen LogP contribution >= 0.6 is 11.6 Å². The maximum Gasteiger partial charge on any atom is 0.339 e. The molecule has 0 radical (unpaired) electrons. The van der Waals surface area contributed by atoms with Gasteiger partial charge in [0, 0.05) is 0 Å². The average molecular weight is 354 g/mol. The van der Waals surface area contributed by atoms with E-state index in [9.17, 15) is 18.4 Å². The highest BCUT2D eigenvalue weighted by molar-refractivity contribution is 6.33. The minimum atomic E-state index is -1.15. The number of hydrogen-bond acceptors (Lipinski definition) is 3. The molecule has 0 aliphatic rings. The van der Waals surface area contributed by atoms with Crippen molar-refractivity contribution in [1.82, 2.24) is 0 Å². The van der Waals surface area contributed by atoms with Crippen molar-refractivity contribution in [1.29, 1.82) is 0 Å². The van der Waals surface area contributed by atoms with Crippen LogP contribution in [0.15, 0.2) is 36.4 Å². The fourth-order valence-electron chi connectivity index (χ4n) is 1.83. The molecule has 1 N–H and O–H groups in total. The predicted molar refractivity (Wildman–Crippen MR) is 86.1 cm³/mol. The Hall–Kier alpha value is -2.47. The first-order valence-electron chi connectivity index (χ1n) is 7.01. The molecule has 126 valence electrons. The zero-order chi connectivity index (χ0) is 17.9. The van der Waals surface area contributed by atoms with Gasteiger partial charge in [0.1, 0.15) is 11.6 Å². The molecule has 0 unspecified atom stereocenters. The van der Waals surface area contributed by atoms with Crippen molar-refractivity contribution in [2.24, 2.45) is 0 Å². The minimum Gasteiger partial charge on any atom is -0.449 e. The standard InChI is InChI=1S/C17H14ClF2NO3/c1-9-3-4-11(7-14(9)20)17(23)24-10(2)16(22)21-15-6-5-12(19)8-13(15)18/h3-8,10H,1-2H3,(H,21,22)/t10-/m0/s1. The van der Waals surface area contributed by atoms with Crippen molar-refractivity contribution < 1.29 is 23.1 Å². The summed E-state index contributed by atoms with van der Waals surface area (Å²) in [6.07, 6.45) is -1.15. The van der Waals surface area contributed by atoms with E-state index in [1.54, 1.807) is 6.92 Å². The van der Waals surface area contributed by atoms with Gasteiger partial charge >= 0.3 is 5.97 Å². The molecule has 4 nitrogen and oxygen atoms in total. The Bertz CT molecular complexity index is 795. The lowest BCUT2D eigenvalue weighted by Crippen LogP contribution is -2.30. The van der Waals surface area contributed by atoms with Gasteiger partial charge in [-0.2, -0.15) is 0 Å². The summed E-state index contributed by atoms with van der Waals surface area (Å²) in [6, 6.07) is 7.35. The molecule has 1 amide bonds. The van der Waals surface area contributed by atoms with E-state index >= 15 is 0 Å². The molecule has 0 fully saturated rings. The van der Waals surface area contributed by atoms with Crippen LogP contribution in [0.5, 0.6) is 0 Å². The third-order valence-corrected chi connectivity index (χ3v) is 3.56. The SMILES string of the molecule is Cc1ccc(C(=O)O[C@@H](C)C(=O)Nc2ccc(F)cc2Cl)cc1F. The summed E-state index contributed by atoms with van der Waals surface area (Å²) in [5, 5.41) is 2.44. The van der Waals surface area contributed by atoms with Crippen LogP contribution in [0.4, 0.5) is 14.5 Å². The van der Waals surface area contributed by atoms with Crippen LogP contribution in [0.2, 0.25) is 5.02 Å². The molecule has 0 saturated heterocycles. The van der Waals surface area contributed by atoms with Crippen molar-refractivity contribution in [3.63, 3.8) is 0 Å². The number of hydrogen-bond donors (Lipinski definition) is 1. The van der Waals surface area contributed by atoms with Crippen LogP contribution in [0.25, 0.3) is 0 Å². The van der Waals surface area contributed by atoms with E-state index in [-0.39, 0.29) is 16.3 Å². The first-order valence-corrected chi connectivity index (χ1v) is 7.39. The number of halogens is 3. The molecule has 0 heterocycles. The van der Waals surface area contributed by atoms with Gasteiger partial charge in [-0.15, -0.1) is 0 Å². The van der Waals surface area contributed by atoms with Gasteiger partial charge in [0.25, 0.3) is 5.91 Å². The largest absolute Gasteiger partial charge is 0.449 e. The average Bonchev–Trinajstić information content (AvgIpc) is 2.52. The molecule has 0 bridgehead atoms. The Kier molecular flexibility index (Phi) is 5.51. The van der Waals surface area contributed by atoms with Crippen molar-refractivity contribution in [2.75, 3.05) is 5.32 Å². The van der Waals surface area contributed by atoms with Gasteiger partial charge in [0.15, 0.2) is 6.10 Å². The Morgan fingerprint density at radius 2 is 1.88 bits per heavy atom. The summed E-state index contributed by atoms with van der Waals surface area (Å²) in [6.45, 7) is 2.92. The van der Waals surface area contributed by atoms with E-state index in [2.05, 4.69) is 5.32 Å². The molecule has 2 aromatic rings. The predicted octanol–water partition coefficient (Wildman–Crippen LogP) is 4.11. The minimum absolute atomic E-state index is 0.00226. The first kappa shape index (κ1) is 17.9. The highest BCUT2D eigenvalue weighted by Crippen LogP contribution is 2.22. The van der Waals surface area contributed by atoms with Crippen molar-refractivity contribution in [2.45, 2.75) is 20.0 Å². The van der Waals surface area contributed by atoms with E-state index in [0.717, 1.165) is 18.2 Å². The molecule has 0 saturated carbocycles. The molecule has 2 aromatic carbocycles. The van der Waals surface area contributed by atoms with E-state index in [0.29, 0.717) is 5.56 Å². The zero-order valence-corrected chi connectivity index (χ0v) is 13.7. The second kappa shape index (κ2) is 7.40. The Morgan fingerprint density at radius 1 is 1.17 bits per heavy atom. The maximum absolute atomic E-state index is 13.5. The maximum atomic E-state index is 13.5. The van der Waals surface area contributed by atoms with E-state index in [1.165, 1.54) is 25.1 Å². The summed E-state index contributed by atoms with van der Waals surface area (Å²) < 4.78 is 31.4. The van der Waals surface area contributed by atoms with Crippen LogP contribution in [0.3, 0.4) is 0 Å². The lowest BCUT2D eigenvalue weighted by atomic mass is 10.1. The summed E-state index contributed by atoms with van der Waals surface area (Å²) in [5.74, 6) is -2.57. The summed E-state index contributed by atoms with van der Waals surface area (Å²) in [5.41, 5.74) is 0.577. The number of rotatable bonds is 4. The van der Waals surface area contributed by atoms with E-state index < -0.39 is 29.6 Å². The number of carbonyl (C=O) groups excluding carboxylic acids is 2. The third kappa shape index (κ3) is 4.29. The molecule has 0 aliphatic heterocycles. The van der Waals surface area contributed by atoms with Gasteiger partial charge in [-0.3, -0.25) is 4.79 Å². The fourth-order valence-corrected chi connectivity index (χ4v) is 2.04. The number of benzene rings is 2. The first-order chi connectivity index (χ1) is 11.3. The number of anilines is 1. The molecule has 0 aliphatic carbocycles. The van der Waals surface area contributed by atoms with Crippen molar-refractivity contribution in [3.05, 3.63) is 64.2 Å². The lowest BCUT2D eigenvalue weighted by molar-refractivity contribution is -0.123. The lowest BCUT2D eigenvalue weighted by Gasteiger charge is -2.14. The molecule has 0 spiro atoms. The monoisotopic (exact) mass is 353 g/mol. The number of aryl methyl sites for hydroxylation is 1. The molecule has 0 aromatic heterocycles. The van der Waals surface area contributed by atoms with Crippen LogP contribution in [-0.2, 0) is 9.53 Å². The van der Waals surface area contributed by atoms with Gasteiger partial charge in [-0.25, -0.2) is 13.6 Å². The Labute approximate surface area is 142 Å². The van der Waals surface area contributed by atoms with Crippen LogP contribution in [0.1, 0.15) is 22.8 Å². The van der Waals surface area contributed by atoms with E-state index in [1.807, 2.05) is 0 Å². The van der Waals surface area contributed by atoms with E-state index in [4.69, 9.17) is 16.3 Å². The molecular formula is C17H14ClF2NO3. The molecule has 1 atom stereocenters. The van der Waals surface area contributed by atoms with Gasteiger partial charge in [-0.1, -0.05) is 17.7 Å². The summed E-state index contributed by atoms with van der Waals surface area (Å²) >= 11 is 5.81. The van der Waals surface area contributed by atoms with Crippen LogP contribution in [0, 0.1) is 18.6 Å².